The number of para-hydroxylation sites is 1. The molecule has 0 radical (unpaired) electrons. The highest BCUT2D eigenvalue weighted by atomic mass is 16.3. The highest BCUT2D eigenvalue weighted by Gasteiger charge is 2.24. The van der Waals surface area contributed by atoms with E-state index < -0.39 is 0 Å². The molecule has 10 aromatic rings. The fourth-order valence-electron chi connectivity index (χ4n) is 8.29. The molecule has 1 aromatic heterocycles. The molecule has 4 heteroatoms. The SMILES string of the molecule is c1ccc(C2N=C(c3ccc4ccccc4c3)N=C(c3ccc(-c4cc(-c5cccc6ccccc56)cc5oc6ccccc6c45)c4ccccc34)N2)cc1. The average Bonchev–Trinajstić information content (AvgIpc) is 3.64. The van der Waals surface area contributed by atoms with Gasteiger partial charge in [-0.3, -0.25) is 0 Å². The topological polar surface area (TPSA) is 49.9 Å². The summed E-state index contributed by atoms with van der Waals surface area (Å²) < 4.78 is 6.61. The zero-order valence-electron chi connectivity index (χ0n) is 29.8. The first kappa shape index (κ1) is 31.2. The van der Waals surface area contributed by atoms with Crippen LogP contribution in [0.1, 0.15) is 22.9 Å². The molecule has 1 atom stereocenters. The van der Waals surface area contributed by atoms with Gasteiger partial charge in [0.05, 0.1) is 0 Å². The quantitative estimate of drug-likeness (QED) is 0.194. The first-order chi connectivity index (χ1) is 27.2. The number of nitrogens with one attached hydrogen (secondary N) is 1. The van der Waals surface area contributed by atoms with E-state index in [0.29, 0.717) is 5.84 Å². The Hall–Kier alpha value is -7.30. The molecule has 0 spiro atoms. The second-order valence-corrected chi connectivity index (χ2v) is 14.2. The van der Waals surface area contributed by atoms with Crippen LogP contribution in [0.3, 0.4) is 0 Å². The molecule has 1 unspecified atom stereocenters. The van der Waals surface area contributed by atoms with E-state index in [1.54, 1.807) is 0 Å². The summed E-state index contributed by atoms with van der Waals surface area (Å²) in [6, 6.07) is 66.4. The van der Waals surface area contributed by atoms with E-state index in [0.717, 1.165) is 77.3 Å². The molecule has 1 aliphatic rings. The van der Waals surface area contributed by atoms with E-state index in [1.165, 1.54) is 21.7 Å². The van der Waals surface area contributed by atoms with Crippen LogP contribution in [0.4, 0.5) is 0 Å². The normalized spacial score (nSPS) is 14.4. The fourth-order valence-corrected chi connectivity index (χ4v) is 8.29. The van der Waals surface area contributed by atoms with Crippen molar-refractivity contribution in [1.29, 1.82) is 0 Å². The Labute approximate surface area is 317 Å². The minimum atomic E-state index is -0.303. The van der Waals surface area contributed by atoms with Gasteiger partial charge in [0.1, 0.15) is 23.2 Å². The number of aliphatic imine (C=N–C) groups is 2. The van der Waals surface area contributed by atoms with Gasteiger partial charge < -0.3 is 9.73 Å². The molecule has 55 heavy (non-hydrogen) atoms. The molecule has 258 valence electrons. The van der Waals surface area contributed by atoms with Gasteiger partial charge in [-0.2, -0.15) is 0 Å². The molecular formula is C51H33N3O. The minimum absolute atomic E-state index is 0.303. The zero-order chi connectivity index (χ0) is 36.3. The van der Waals surface area contributed by atoms with Crippen LogP contribution in [-0.4, -0.2) is 11.7 Å². The van der Waals surface area contributed by atoms with Crippen LogP contribution < -0.4 is 5.32 Å². The Kier molecular flexibility index (Phi) is 7.20. The number of nitrogens with zero attached hydrogens (tertiary/aromatic N) is 2. The monoisotopic (exact) mass is 703 g/mol. The van der Waals surface area contributed by atoms with Gasteiger partial charge in [0.15, 0.2) is 5.84 Å². The van der Waals surface area contributed by atoms with Crippen molar-refractivity contribution >= 4 is 65.9 Å². The molecule has 9 aromatic carbocycles. The average molecular weight is 704 g/mol. The smallest absolute Gasteiger partial charge is 0.159 e. The first-order valence-corrected chi connectivity index (χ1v) is 18.7. The highest BCUT2D eigenvalue weighted by Crippen LogP contribution is 2.43. The standard InChI is InChI=1S/C51H33N3O/c1-2-15-34(16-3-1)49-52-50(36-26-25-32-13-4-5-17-35(32)29-36)54-51(53-49)43-28-27-42(40-20-8-9-21-41(40)43)45-30-37(39-23-12-18-33-14-6-7-19-38(33)39)31-47-48(45)44-22-10-11-24-46(44)55-47/h1-31,49H,(H,52,53,54). The number of furan rings is 1. The lowest BCUT2D eigenvalue weighted by molar-refractivity contribution is 0.669. The molecule has 11 rings (SSSR count). The van der Waals surface area contributed by atoms with Gasteiger partial charge in [0.2, 0.25) is 0 Å². The molecule has 0 aliphatic carbocycles. The van der Waals surface area contributed by atoms with Crippen molar-refractivity contribution in [3.63, 3.8) is 0 Å². The first-order valence-electron chi connectivity index (χ1n) is 18.7. The van der Waals surface area contributed by atoms with Crippen LogP contribution in [-0.2, 0) is 0 Å². The molecule has 0 amide bonds. The van der Waals surface area contributed by atoms with Gasteiger partial charge in [-0.15, -0.1) is 0 Å². The van der Waals surface area contributed by atoms with E-state index in [4.69, 9.17) is 14.4 Å². The van der Waals surface area contributed by atoms with Crippen molar-refractivity contribution in [2.75, 3.05) is 0 Å². The van der Waals surface area contributed by atoms with Crippen molar-refractivity contribution in [3.8, 4) is 22.3 Å². The van der Waals surface area contributed by atoms with E-state index >= 15 is 0 Å². The van der Waals surface area contributed by atoms with Crippen LogP contribution >= 0.6 is 0 Å². The Morgan fingerprint density at radius 3 is 1.95 bits per heavy atom. The van der Waals surface area contributed by atoms with Gasteiger partial charge >= 0.3 is 0 Å². The summed E-state index contributed by atoms with van der Waals surface area (Å²) in [6.07, 6.45) is -0.303. The van der Waals surface area contributed by atoms with Gasteiger partial charge in [-0.25, -0.2) is 9.98 Å². The van der Waals surface area contributed by atoms with Crippen molar-refractivity contribution in [2.24, 2.45) is 9.98 Å². The number of amidine groups is 2. The highest BCUT2D eigenvalue weighted by molar-refractivity contribution is 6.22. The molecule has 0 fully saturated rings. The lowest BCUT2D eigenvalue weighted by Gasteiger charge is -2.25. The Morgan fingerprint density at radius 2 is 1.09 bits per heavy atom. The van der Waals surface area contributed by atoms with Gasteiger partial charge in [-0.1, -0.05) is 164 Å². The Balaban J connectivity index is 1.12. The predicted molar refractivity (Wildman–Crippen MR) is 229 cm³/mol. The minimum Gasteiger partial charge on any atom is -0.456 e. The summed E-state index contributed by atoms with van der Waals surface area (Å²) in [5.41, 5.74) is 9.39. The second-order valence-electron chi connectivity index (χ2n) is 14.2. The van der Waals surface area contributed by atoms with Crippen molar-refractivity contribution in [1.82, 2.24) is 5.32 Å². The summed E-state index contributed by atoms with van der Waals surface area (Å²) >= 11 is 0. The maximum Gasteiger partial charge on any atom is 0.159 e. The lowest BCUT2D eigenvalue weighted by Crippen LogP contribution is -2.33. The van der Waals surface area contributed by atoms with Crippen molar-refractivity contribution in [3.05, 3.63) is 205 Å². The molecular weight excluding hydrogens is 671 g/mol. The van der Waals surface area contributed by atoms with Crippen LogP contribution in [0.2, 0.25) is 0 Å². The number of fused-ring (bicyclic) bond motifs is 6. The summed E-state index contributed by atoms with van der Waals surface area (Å²) in [6.45, 7) is 0. The molecule has 0 saturated heterocycles. The molecule has 0 bridgehead atoms. The number of hydrogen-bond donors (Lipinski definition) is 1. The summed E-state index contributed by atoms with van der Waals surface area (Å²) in [5.74, 6) is 1.49. The molecule has 1 aliphatic heterocycles. The van der Waals surface area contributed by atoms with E-state index in [1.807, 2.05) is 12.1 Å². The molecule has 1 N–H and O–H groups in total. The molecule has 4 nitrogen and oxygen atoms in total. The van der Waals surface area contributed by atoms with Crippen LogP contribution in [0.5, 0.6) is 0 Å². The fraction of sp³-hybridized carbons (Fsp3) is 0.0196. The second kappa shape index (κ2) is 12.7. The zero-order valence-corrected chi connectivity index (χ0v) is 29.8. The predicted octanol–water partition coefficient (Wildman–Crippen LogP) is 12.9. The van der Waals surface area contributed by atoms with E-state index in [9.17, 15) is 0 Å². The Bertz CT molecular complexity index is 3190. The lowest BCUT2D eigenvalue weighted by atomic mass is 9.89. The van der Waals surface area contributed by atoms with Crippen molar-refractivity contribution < 1.29 is 4.42 Å². The van der Waals surface area contributed by atoms with Gasteiger partial charge in [-0.05, 0) is 84.4 Å². The van der Waals surface area contributed by atoms with E-state index in [2.05, 4.69) is 181 Å². The number of rotatable bonds is 5. The van der Waals surface area contributed by atoms with Crippen molar-refractivity contribution in [2.45, 2.75) is 6.17 Å². The summed E-state index contributed by atoms with van der Waals surface area (Å²) in [7, 11) is 0. The van der Waals surface area contributed by atoms with E-state index in [-0.39, 0.29) is 6.17 Å². The van der Waals surface area contributed by atoms with Crippen LogP contribution in [0.25, 0.3) is 76.5 Å². The molecule has 0 saturated carbocycles. The van der Waals surface area contributed by atoms with Gasteiger partial charge in [0, 0.05) is 21.9 Å². The van der Waals surface area contributed by atoms with Crippen LogP contribution in [0.15, 0.2) is 202 Å². The third-order valence-electron chi connectivity index (χ3n) is 10.9. The maximum absolute atomic E-state index is 6.61. The molecule has 2 heterocycles. The van der Waals surface area contributed by atoms with Crippen LogP contribution in [0, 0.1) is 0 Å². The third-order valence-corrected chi connectivity index (χ3v) is 10.9. The summed E-state index contributed by atoms with van der Waals surface area (Å²) in [4.78, 5) is 10.4. The number of hydrogen-bond acceptors (Lipinski definition) is 4. The number of benzene rings is 9. The maximum atomic E-state index is 6.61. The summed E-state index contributed by atoms with van der Waals surface area (Å²) in [5, 5.41) is 12.9. The largest absolute Gasteiger partial charge is 0.456 e. The van der Waals surface area contributed by atoms with Gasteiger partial charge in [0.25, 0.3) is 0 Å². The third kappa shape index (κ3) is 5.30. The Morgan fingerprint density at radius 1 is 0.418 bits per heavy atom.